The minimum absolute atomic E-state index is 0. The molecule has 11 heavy (non-hydrogen) atoms. The fourth-order valence-electron chi connectivity index (χ4n) is 0.762. The quantitative estimate of drug-likeness (QED) is 0.788. The highest BCUT2D eigenvalue weighted by molar-refractivity contribution is 7.10. The maximum atomic E-state index is 11.8. The zero-order valence-corrected chi connectivity index (χ0v) is 7.63. The molecule has 0 saturated heterocycles. The van der Waals surface area contributed by atoms with E-state index in [4.69, 9.17) is 5.73 Å². The molecular weight excluding hydrogens is 185 g/mol. The number of rotatable bonds is 3. The normalized spacial score (nSPS) is 12.2. The fourth-order valence-corrected chi connectivity index (χ4v) is 1.53. The molecule has 4 heteroatoms. The zero-order chi connectivity index (χ0) is 7.40. The van der Waals surface area contributed by atoms with Crippen LogP contribution in [0.3, 0.4) is 0 Å². The third-order valence-electron chi connectivity index (χ3n) is 1.33. The van der Waals surface area contributed by atoms with Gasteiger partial charge in [-0.15, -0.1) is 23.7 Å². The molecular formula is C7H11ClFNS. The van der Waals surface area contributed by atoms with E-state index in [1.807, 2.05) is 17.5 Å². The van der Waals surface area contributed by atoms with Crippen LogP contribution in [0.5, 0.6) is 0 Å². The molecule has 1 rings (SSSR count). The molecule has 1 nitrogen and oxygen atoms in total. The van der Waals surface area contributed by atoms with Gasteiger partial charge in [0, 0.05) is 10.9 Å². The lowest BCUT2D eigenvalue weighted by Gasteiger charge is -2.04. The second-order valence-electron chi connectivity index (χ2n) is 2.10. The third kappa shape index (κ3) is 3.18. The Morgan fingerprint density at radius 1 is 1.64 bits per heavy atom. The number of hydrogen-bond acceptors (Lipinski definition) is 2. The number of halogens is 2. The molecule has 64 valence electrons. The van der Waals surface area contributed by atoms with Crippen molar-refractivity contribution >= 4 is 23.7 Å². The molecule has 0 spiro atoms. The van der Waals surface area contributed by atoms with Crippen LogP contribution in [0.2, 0.25) is 0 Å². The van der Waals surface area contributed by atoms with Crippen LogP contribution >= 0.6 is 23.7 Å². The molecule has 1 aromatic rings. The van der Waals surface area contributed by atoms with Crippen molar-refractivity contribution in [3.63, 3.8) is 0 Å². The van der Waals surface area contributed by atoms with Crippen molar-refractivity contribution < 1.29 is 4.39 Å². The van der Waals surface area contributed by atoms with Gasteiger partial charge in [0.15, 0.2) is 0 Å². The van der Waals surface area contributed by atoms with Crippen molar-refractivity contribution in [2.24, 2.45) is 5.73 Å². The van der Waals surface area contributed by atoms with Crippen LogP contribution in [-0.4, -0.2) is 6.67 Å². The molecule has 0 fully saturated rings. The van der Waals surface area contributed by atoms with Gasteiger partial charge in [0.25, 0.3) is 0 Å². The fraction of sp³-hybridized carbons (Fsp3) is 0.429. The van der Waals surface area contributed by atoms with Crippen LogP contribution in [0.15, 0.2) is 17.5 Å². The van der Waals surface area contributed by atoms with Crippen molar-refractivity contribution in [1.29, 1.82) is 0 Å². The van der Waals surface area contributed by atoms with E-state index in [0.717, 1.165) is 4.88 Å². The first-order chi connectivity index (χ1) is 4.84. The van der Waals surface area contributed by atoms with E-state index < -0.39 is 0 Å². The van der Waals surface area contributed by atoms with Gasteiger partial charge >= 0.3 is 0 Å². The SMILES string of the molecule is Cl.N[C@@H](CCF)c1cccs1. The summed E-state index contributed by atoms with van der Waals surface area (Å²) in [7, 11) is 0. The first-order valence-corrected chi connectivity index (χ1v) is 4.07. The lowest BCUT2D eigenvalue weighted by molar-refractivity contribution is 0.444. The van der Waals surface area contributed by atoms with Crippen LogP contribution in [0, 0.1) is 0 Å². The van der Waals surface area contributed by atoms with Crippen molar-refractivity contribution in [3.8, 4) is 0 Å². The van der Waals surface area contributed by atoms with Gasteiger partial charge < -0.3 is 5.73 Å². The van der Waals surface area contributed by atoms with Gasteiger partial charge in [0.05, 0.1) is 6.67 Å². The summed E-state index contributed by atoms with van der Waals surface area (Å²) in [6, 6.07) is 3.76. The molecule has 2 N–H and O–H groups in total. The maximum absolute atomic E-state index is 11.8. The minimum Gasteiger partial charge on any atom is -0.323 e. The third-order valence-corrected chi connectivity index (χ3v) is 2.33. The van der Waals surface area contributed by atoms with E-state index in [1.165, 1.54) is 0 Å². The molecule has 0 bridgehead atoms. The Morgan fingerprint density at radius 2 is 2.36 bits per heavy atom. The van der Waals surface area contributed by atoms with Crippen LogP contribution in [0.1, 0.15) is 17.3 Å². The summed E-state index contributed by atoms with van der Waals surface area (Å²) in [5.74, 6) is 0. The maximum Gasteiger partial charge on any atom is 0.0912 e. The van der Waals surface area contributed by atoms with E-state index in [1.54, 1.807) is 11.3 Å². The van der Waals surface area contributed by atoms with Crippen LogP contribution in [0.25, 0.3) is 0 Å². The van der Waals surface area contributed by atoms with E-state index in [0.29, 0.717) is 6.42 Å². The first kappa shape index (κ1) is 10.9. The van der Waals surface area contributed by atoms with Gasteiger partial charge in [0.1, 0.15) is 0 Å². The summed E-state index contributed by atoms with van der Waals surface area (Å²) < 4.78 is 11.8. The first-order valence-electron chi connectivity index (χ1n) is 3.19. The van der Waals surface area contributed by atoms with Gasteiger partial charge in [-0.25, -0.2) is 0 Å². The smallest absolute Gasteiger partial charge is 0.0912 e. The number of alkyl halides is 1. The van der Waals surface area contributed by atoms with Gasteiger partial charge in [-0.1, -0.05) is 6.07 Å². The predicted octanol–water partition coefficient (Wildman–Crippen LogP) is 2.53. The minimum atomic E-state index is -0.334. The number of hydrogen-bond donors (Lipinski definition) is 1. The topological polar surface area (TPSA) is 26.0 Å². The molecule has 0 aromatic carbocycles. The molecule has 1 atom stereocenters. The Kier molecular flexibility index (Phi) is 5.46. The molecule has 1 aromatic heterocycles. The van der Waals surface area contributed by atoms with Crippen molar-refractivity contribution in [3.05, 3.63) is 22.4 Å². The second kappa shape index (κ2) is 5.52. The van der Waals surface area contributed by atoms with Crippen LogP contribution in [0.4, 0.5) is 4.39 Å². The largest absolute Gasteiger partial charge is 0.323 e. The Balaban J connectivity index is 0.000001000. The van der Waals surface area contributed by atoms with E-state index in [2.05, 4.69) is 0 Å². The molecule has 0 amide bonds. The van der Waals surface area contributed by atoms with Crippen LogP contribution < -0.4 is 5.73 Å². The van der Waals surface area contributed by atoms with Gasteiger partial charge in [0.2, 0.25) is 0 Å². The van der Waals surface area contributed by atoms with Crippen molar-refractivity contribution in [1.82, 2.24) is 0 Å². The standard InChI is InChI=1S/C7H10FNS.ClH/c8-4-3-6(9)7-2-1-5-10-7;/h1-2,5-6H,3-4,9H2;1H/t6-;/m0./s1. The molecule has 0 aliphatic rings. The number of thiophene rings is 1. The summed E-state index contributed by atoms with van der Waals surface area (Å²) in [6.45, 7) is -0.334. The number of nitrogens with two attached hydrogens (primary N) is 1. The molecule has 0 unspecified atom stereocenters. The molecule has 0 aliphatic heterocycles. The summed E-state index contributed by atoms with van der Waals surface area (Å²) in [4.78, 5) is 1.07. The Bertz CT molecular complexity index is 179. The predicted molar refractivity (Wildman–Crippen MR) is 49.1 cm³/mol. The summed E-state index contributed by atoms with van der Waals surface area (Å²) in [5.41, 5.74) is 5.62. The van der Waals surface area contributed by atoms with E-state index in [-0.39, 0.29) is 25.1 Å². The molecule has 0 saturated carbocycles. The molecule has 1 heterocycles. The highest BCUT2D eigenvalue weighted by Gasteiger charge is 2.04. The highest BCUT2D eigenvalue weighted by atomic mass is 35.5. The lowest BCUT2D eigenvalue weighted by Crippen LogP contribution is -2.08. The second-order valence-corrected chi connectivity index (χ2v) is 3.08. The Morgan fingerprint density at radius 3 is 2.82 bits per heavy atom. The zero-order valence-electron chi connectivity index (χ0n) is 6.00. The molecule has 0 aliphatic carbocycles. The summed E-state index contributed by atoms with van der Waals surface area (Å²) in [6.07, 6.45) is 0.431. The van der Waals surface area contributed by atoms with Crippen LogP contribution in [-0.2, 0) is 0 Å². The van der Waals surface area contributed by atoms with E-state index >= 15 is 0 Å². The highest BCUT2D eigenvalue weighted by Crippen LogP contribution is 2.18. The van der Waals surface area contributed by atoms with Gasteiger partial charge in [-0.3, -0.25) is 4.39 Å². The van der Waals surface area contributed by atoms with Gasteiger partial charge in [-0.05, 0) is 17.9 Å². The van der Waals surface area contributed by atoms with Crippen molar-refractivity contribution in [2.75, 3.05) is 6.67 Å². The Labute approximate surface area is 75.8 Å². The molecule has 0 radical (unpaired) electrons. The monoisotopic (exact) mass is 195 g/mol. The average molecular weight is 196 g/mol. The van der Waals surface area contributed by atoms with Gasteiger partial charge in [-0.2, -0.15) is 0 Å². The average Bonchev–Trinajstić information content (AvgIpc) is 2.38. The van der Waals surface area contributed by atoms with Crippen molar-refractivity contribution in [2.45, 2.75) is 12.5 Å². The summed E-state index contributed by atoms with van der Waals surface area (Å²) >= 11 is 1.58. The van der Waals surface area contributed by atoms with E-state index in [9.17, 15) is 4.39 Å². The Hall–Kier alpha value is -0.120. The summed E-state index contributed by atoms with van der Waals surface area (Å²) in [5, 5.41) is 1.95. The lowest BCUT2D eigenvalue weighted by atomic mass is 10.2.